The molecule has 2 N–H and O–H groups in total. The first-order valence-electron chi connectivity index (χ1n) is 7.73. The van der Waals surface area contributed by atoms with Gasteiger partial charge in [0.15, 0.2) is 0 Å². The van der Waals surface area contributed by atoms with Crippen LogP contribution in [-0.4, -0.2) is 17.4 Å². The number of carbonyl (C=O) groups excluding carboxylic acids is 1. The molecule has 0 fully saturated rings. The minimum absolute atomic E-state index is 0.00477. The number of anilines is 1. The Morgan fingerprint density at radius 1 is 1.24 bits per heavy atom. The molecule has 0 spiro atoms. The number of hydrogen-bond donors (Lipinski definition) is 1. The highest BCUT2D eigenvalue weighted by molar-refractivity contribution is 6.39. The molecule has 6 heteroatoms. The number of carbonyl (C=O) groups is 1. The van der Waals surface area contributed by atoms with Gasteiger partial charge in [-0.1, -0.05) is 41.4 Å². The second-order valence-corrected chi connectivity index (χ2v) is 6.55. The van der Waals surface area contributed by atoms with E-state index in [1.54, 1.807) is 23.1 Å². The van der Waals surface area contributed by atoms with E-state index in [0.29, 0.717) is 40.8 Å². The molecule has 4 nitrogen and oxygen atoms in total. The van der Waals surface area contributed by atoms with E-state index < -0.39 is 0 Å². The standard InChI is InChI=1S/C19H15Cl2N3O/c20-16-9-12(10-17(21)18(16)23)13-5-4-6-14-15(13)11-24(19(14)25)8-3-1-2-7-22/h1-2,4-6,9-10H,3,8,11,23H2/b2-1-. The van der Waals surface area contributed by atoms with Crippen molar-refractivity contribution in [2.45, 2.75) is 13.0 Å². The number of rotatable bonds is 4. The summed E-state index contributed by atoms with van der Waals surface area (Å²) in [6.07, 6.45) is 3.83. The molecule has 2 aromatic carbocycles. The van der Waals surface area contributed by atoms with Crippen LogP contribution in [0.2, 0.25) is 10.0 Å². The number of hydrogen-bond acceptors (Lipinski definition) is 3. The summed E-state index contributed by atoms with van der Waals surface area (Å²) in [5, 5.41) is 9.31. The molecule has 0 aliphatic carbocycles. The average molecular weight is 372 g/mol. The Kier molecular flexibility index (Phi) is 4.98. The van der Waals surface area contributed by atoms with E-state index in [2.05, 4.69) is 0 Å². The van der Waals surface area contributed by atoms with Crippen LogP contribution in [0.4, 0.5) is 5.69 Å². The minimum Gasteiger partial charge on any atom is -0.396 e. The predicted molar refractivity (Wildman–Crippen MR) is 100 cm³/mol. The molecule has 0 bridgehead atoms. The molecule has 0 aromatic heterocycles. The first kappa shape index (κ1) is 17.3. The maximum atomic E-state index is 12.6. The summed E-state index contributed by atoms with van der Waals surface area (Å²) < 4.78 is 0. The van der Waals surface area contributed by atoms with Gasteiger partial charge in [0.25, 0.3) is 5.91 Å². The largest absolute Gasteiger partial charge is 0.396 e. The van der Waals surface area contributed by atoms with Gasteiger partial charge in [-0.25, -0.2) is 0 Å². The van der Waals surface area contributed by atoms with E-state index in [-0.39, 0.29) is 5.91 Å². The fraction of sp³-hybridized carbons (Fsp3) is 0.158. The topological polar surface area (TPSA) is 70.1 Å². The maximum absolute atomic E-state index is 12.6. The third-order valence-electron chi connectivity index (χ3n) is 4.19. The number of nitrogens with zero attached hydrogens (tertiary/aromatic N) is 2. The summed E-state index contributed by atoms with van der Waals surface area (Å²) in [6.45, 7) is 1.08. The van der Waals surface area contributed by atoms with Crippen molar-refractivity contribution >= 4 is 34.8 Å². The lowest BCUT2D eigenvalue weighted by molar-refractivity contribution is 0.0781. The molecule has 3 rings (SSSR count). The first-order valence-corrected chi connectivity index (χ1v) is 8.49. The number of nitrogen functional groups attached to an aromatic ring is 1. The Labute approximate surface area is 156 Å². The fourth-order valence-electron chi connectivity index (χ4n) is 2.95. The van der Waals surface area contributed by atoms with Crippen LogP contribution in [0.15, 0.2) is 42.5 Å². The number of fused-ring (bicyclic) bond motifs is 1. The predicted octanol–water partition coefficient (Wildman–Crippen LogP) is 4.67. The van der Waals surface area contributed by atoms with Crippen molar-refractivity contribution in [3.8, 4) is 17.2 Å². The lowest BCUT2D eigenvalue weighted by Gasteiger charge is -2.14. The van der Waals surface area contributed by atoms with Crippen LogP contribution in [0, 0.1) is 11.3 Å². The molecule has 0 unspecified atom stereocenters. The van der Waals surface area contributed by atoms with Crippen LogP contribution < -0.4 is 5.73 Å². The summed E-state index contributed by atoms with van der Waals surface area (Å²) in [5.74, 6) is -0.00477. The van der Waals surface area contributed by atoms with Crippen molar-refractivity contribution in [1.29, 1.82) is 5.26 Å². The monoisotopic (exact) mass is 371 g/mol. The van der Waals surface area contributed by atoms with E-state index in [1.807, 2.05) is 24.3 Å². The van der Waals surface area contributed by atoms with Crippen LogP contribution in [0.1, 0.15) is 22.3 Å². The van der Waals surface area contributed by atoms with Gasteiger partial charge in [0, 0.05) is 24.7 Å². The van der Waals surface area contributed by atoms with Crippen LogP contribution in [0.3, 0.4) is 0 Å². The van der Waals surface area contributed by atoms with Crippen LogP contribution in [0.25, 0.3) is 11.1 Å². The van der Waals surface area contributed by atoms with Gasteiger partial charge in [-0.2, -0.15) is 5.26 Å². The Hall–Kier alpha value is -2.48. The summed E-state index contributed by atoms with van der Waals surface area (Å²) in [6, 6.07) is 11.1. The smallest absolute Gasteiger partial charge is 0.254 e. The normalized spacial score (nSPS) is 13.3. The van der Waals surface area contributed by atoms with Gasteiger partial charge in [-0.3, -0.25) is 4.79 Å². The molecular formula is C19H15Cl2N3O. The van der Waals surface area contributed by atoms with E-state index in [0.717, 1.165) is 16.7 Å². The van der Waals surface area contributed by atoms with E-state index in [4.69, 9.17) is 34.2 Å². The zero-order valence-electron chi connectivity index (χ0n) is 13.3. The molecule has 126 valence electrons. The van der Waals surface area contributed by atoms with Crippen molar-refractivity contribution in [3.05, 3.63) is 63.7 Å². The number of halogens is 2. The van der Waals surface area contributed by atoms with Gasteiger partial charge in [0.05, 0.1) is 21.8 Å². The third kappa shape index (κ3) is 3.34. The summed E-state index contributed by atoms with van der Waals surface area (Å²) in [4.78, 5) is 14.4. The second-order valence-electron chi connectivity index (χ2n) is 5.73. The Bertz CT molecular complexity index is 892. The van der Waals surface area contributed by atoms with Crippen molar-refractivity contribution in [2.24, 2.45) is 0 Å². The van der Waals surface area contributed by atoms with Crippen molar-refractivity contribution in [1.82, 2.24) is 4.90 Å². The molecule has 2 aromatic rings. The zero-order chi connectivity index (χ0) is 18.0. The lowest BCUT2D eigenvalue weighted by Crippen LogP contribution is -2.24. The highest BCUT2D eigenvalue weighted by atomic mass is 35.5. The van der Waals surface area contributed by atoms with Gasteiger partial charge in [-0.15, -0.1) is 0 Å². The molecule has 1 aliphatic rings. The molecule has 1 amide bonds. The highest BCUT2D eigenvalue weighted by Crippen LogP contribution is 2.37. The van der Waals surface area contributed by atoms with Crippen LogP contribution in [0.5, 0.6) is 0 Å². The van der Waals surface area contributed by atoms with Crippen molar-refractivity contribution < 1.29 is 4.79 Å². The van der Waals surface area contributed by atoms with Gasteiger partial charge in [0.2, 0.25) is 0 Å². The van der Waals surface area contributed by atoms with Gasteiger partial charge in [-0.05, 0) is 41.3 Å². The summed E-state index contributed by atoms with van der Waals surface area (Å²) >= 11 is 12.3. The zero-order valence-corrected chi connectivity index (χ0v) is 14.8. The molecule has 1 aliphatic heterocycles. The minimum atomic E-state index is -0.00477. The summed E-state index contributed by atoms with van der Waals surface area (Å²) in [7, 11) is 0. The summed E-state index contributed by atoms with van der Waals surface area (Å²) in [5.41, 5.74) is 9.55. The van der Waals surface area contributed by atoms with E-state index in [9.17, 15) is 4.79 Å². The lowest BCUT2D eigenvalue weighted by atomic mass is 9.97. The molecular weight excluding hydrogens is 357 g/mol. The molecule has 0 saturated carbocycles. The second kappa shape index (κ2) is 7.18. The number of nitriles is 1. The fourth-order valence-corrected chi connectivity index (χ4v) is 3.43. The molecule has 1 heterocycles. The van der Waals surface area contributed by atoms with Gasteiger partial charge >= 0.3 is 0 Å². The molecule has 0 atom stereocenters. The number of allylic oxidation sites excluding steroid dienone is 1. The molecule has 25 heavy (non-hydrogen) atoms. The third-order valence-corrected chi connectivity index (χ3v) is 4.82. The van der Waals surface area contributed by atoms with Gasteiger partial charge in [0.1, 0.15) is 0 Å². The van der Waals surface area contributed by atoms with Gasteiger partial charge < -0.3 is 10.6 Å². The van der Waals surface area contributed by atoms with E-state index in [1.165, 1.54) is 6.08 Å². The average Bonchev–Trinajstić information content (AvgIpc) is 2.92. The van der Waals surface area contributed by atoms with Crippen molar-refractivity contribution in [3.63, 3.8) is 0 Å². The van der Waals surface area contributed by atoms with E-state index >= 15 is 0 Å². The first-order chi connectivity index (χ1) is 12.0. The van der Waals surface area contributed by atoms with Crippen LogP contribution >= 0.6 is 23.2 Å². The highest BCUT2D eigenvalue weighted by Gasteiger charge is 2.29. The number of benzene rings is 2. The number of nitrogens with two attached hydrogens (primary N) is 1. The molecule has 0 radical (unpaired) electrons. The number of amides is 1. The Balaban J connectivity index is 1.94. The SMILES string of the molecule is N#C/C=C\CCN1Cc2c(cccc2-c2cc(Cl)c(N)c(Cl)c2)C1=O. The Morgan fingerprint density at radius 2 is 1.92 bits per heavy atom. The quantitative estimate of drug-likeness (QED) is 0.626. The van der Waals surface area contributed by atoms with Crippen LogP contribution in [-0.2, 0) is 6.54 Å². The molecule has 0 saturated heterocycles. The Morgan fingerprint density at radius 3 is 2.60 bits per heavy atom. The van der Waals surface area contributed by atoms with Crippen molar-refractivity contribution in [2.75, 3.05) is 12.3 Å². The maximum Gasteiger partial charge on any atom is 0.254 e.